The second-order valence-corrected chi connectivity index (χ2v) is 7.22. The van der Waals surface area contributed by atoms with Gasteiger partial charge in [0.05, 0.1) is 17.9 Å². The first-order chi connectivity index (χ1) is 12.0. The molecule has 142 valence electrons. The molecule has 2 saturated carbocycles. The summed E-state index contributed by atoms with van der Waals surface area (Å²) in [5.74, 6) is -0.126. The van der Waals surface area contributed by atoms with Gasteiger partial charge >= 0.3 is 5.97 Å². The van der Waals surface area contributed by atoms with Crippen LogP contribution in [0.3, 0.4) is 0 Å². The summed E-state index contributed by atoms with van der Waals surface area (Å²) in [6.07, 6.45) is 9.10. The summed E-state index contributed by atoms with van der Waals surface area (Å²) in [6, 6.07) is 0. The highest BCUT2D eigenvalue weighted by Gasteiger charge is 2.51. The maximum atomic E-state index is 10.4. The summed E-state index contributed by atoms with van der Waals surface area (Å²) in [5, 5.41) is 33.0. The van der Waals surface area contributed by atoms with Gasteiger partial charge in [-0.15, -0.1) is 0 Å². The molecule has 0 radical (unpaired) electrons. The van der Waals surface area contributed by atoms with Crippen LogP contribution in [0.2, 0.25) is 0 Å². The Morgan fingerprint density at radius 1 is 1.40 bits per heavy atom. The van der Waals surface area contributed by atoms with E-state index in [-0.39, 0.29) is 18.3 Å². The number of unbranched alkanes of at least 4 members (excludes halogenated alkanes) is 2. The first-order valence-corrected chi connectivity index (χ1v) is 9.47. The molecule has 2 fully saturated rings. The zero-order valence-electron chi connectivity index (χ0n) is 15.0. The summed E-state index contributed by atoms with van der Waals surface area (Å²) in [6.45, 7) is 2.45. The van der Waals surface area contributed by atoms with Crippen LogP contribution in [0.25, 0.3) is 0 Å². The molecular weight excluding hydrogens is 322 g/mol. The standard InChI is InChI=1S/C19H31NO5/c1-2-3-4-6-13(21)8-9-14-15-11-17(16(15)12-18(14)22)20-25-10-5-7-19(23)24/h8-9,13-16,18,21-22H,2-7,10-12H2,1H3,(H,23,24)/t13?,14?,15-,16-,18?/m0/s1. The minimum atomic E-state index is -0.828. The summed E-state index contributed by atoms with van der Waals surface area (Å²) in [7, 11) is 0. The molecule has 0 aromatic carbocycles. The van der Waals surface area contributed by atoms with E-state index in [1.807, 2.05) is 12.2 Å². The number of carboxylic acids is 1. The normalized spacial score (nSPS) is 31.1. The van der Waals surface area contributed by atoms with Crippen molar-refractivity contribution >= 4 is 11.7 Å². The Labute approximate surface area is 149 Å². The van der Waals surface area contributed by atoms with Gasteiger partial charge in [-0.25, -0.2) is 0 Å². The zero-order valence-corrected chi connectivity index (χ0v) is 15.0. The van der Waals surface area contributed by atoms with Gasteiger partial charge in [0.2, 0.25) is 0 Å². The van der Waals surface area contributed by atoms with Crippen LogP contribution in [-0.2, 0) is 9.63 Å². The third-order valence-electron chi connectivity index (χ3n) is 5.29. The van der Waals surface area contributed by atoms with Gasteiger partial charge in [0.15, 0.2) is 0 Å². The molecule has 0 aliphatic heterocycles. The highest BCUT2D eigenvalue weighted by atomic mass is 16.6. The van der Waals surface area contributed by atoms with E-state index in [0.29, 0.717) is 25.4 Å². The largest absolute Gasteiger partial charge is 0.481 e. The van der Waals surface area contributed by atoms with E-state index in [4.69, 9.17) is 9.94 Å². The topological polar surface area (TPSA) is 99.4 Å². The number of carboxylic acid groups (broad SMARTS) is 1. The zero-order chi connectivity index (χ0) is 18.2. The molecule has 0 aromatic rings. The quantitative estimate of drug-likeness (QED) is 0.301. The number of hydrogen-bond donors (Lipinski definition) is 3. The van der Waals surface area contributed by atoms with Gasteiger partial charge in [0.25, 0.3) is 0 Å². The molecule has 6 nitrogen and oxygen atoms in total. The van der Waals surface area contributed by atoms with Crippen molar-refractivity contribution in [2.45, 2.75) is 70.5 Å². The predicted octanol–water partition coefficient (Wildman–Crippen LogP) is 2.74. The molecule has 2 aliphatic rings. The summed E-state index contributed by atoms with van der Waals surface area (Å²) in [5.41, 5.74) is 0.971. The van der Waals surface area contributed by atoms with Crippen molar-refractivity contribution in [3.05, 3.63) is 12.2 Å². The van der Waals surface area contributed by atoms with E-state index in [2.05, 4.69) is 12.1 Å². The molecular formula is C19H31NO5. The first-order valence-electron chi connectivity index (χ1n) is 9.47. The average molecular weight is 353 g/mol. The van der Waals surface area contributed by atoms with Crippen LogP contribution < -0.4 is 0 Å². The maximum Gasteiger partial charge on any atom is 0.303 e. The van der Waals surface area contributed by atoms with Crippen LogP contribution in [0.5, 0.6) is 0 Å². The van der Waals surface area contributed by atoms with Gasteiger partial charge in [-0.2, -0.15) is 0 Å². The number of aliphatic hydroxyl groups excluding tert-OH is 2. The molecule has 0 amide bonds. The van der Waals surface area contributed by atoms with E-state index in [1.54, 1.807) is 0 Å². The Hall–Kier alpha value is -1.40. The molecule has 0 saturated heterocycles. The van der Waals surface area contributed by atoms with E-state index in [1.165, 1.54) is 0 Å². The number of carbonyl (C=O) groups is 1. The van der Waals surface area contributed by atoms with Crippen LogP contribution in [0, 0.1) is 17.8 Å². The number of hydrogen-bond acceptors (Lipinski definition) is 5. The fraction of sp³-hybridized carbons (Fsp3) is 0.789. The Morgan fingerprint density at radius 2 is 2.20 bits per heavy atom. The van der Waals surface area contributed by atoms with E-state index in [0.717, 1.165) is 37.8 Å². The van der Waals surface area contributed by atoms with Crippen molar-refractivity contribution in [3.63, 3.8) is 0 Å². The smallest absolute Gasteiger partial charge is 0.303 e. The van der Waals surface area contributed by atoms with Crippen LogP contribution in [-0.4, -0.2) is 45.8 Å². The van der Waals surface area contributed by atoms with Crippen molar-refractivity contribution in [3.8, 4) is 0 Å². The Kier molecular flexibility index (Phi) is 7.90. The van der Waals surface area contributed by atoms with Gasteiger partial charge < -0.3 is 20.2 Å². The minimum absolute atomic E-state index is 0.0804. The number of aliphatic carboxylic acids is 1. The van der Waals surface area contributed by atoms with Crippen molar-refractivity contribution in [1.82, 2.24) is 0 Å². The number of aliphatic hydroxyl groups is 2. The van der Waals surface area contributed by atoms with Crippen molar-refractivity contribution in [2.75, 3.05) is 6.61 Å². The van der Waals surface area contributed by atoms with Gasteiger partial charge in [-0.1, -0.05) is 43.5 Å². The Bertz CT molecular complexity index is 490. The fourth-order valence-electron chi connectivity index (χ4n) is 3.79. The van der Waals surface area contributed by atoms with Gasteiger partial charge in [-0.05, 0) is 31.6 Å². The molecule has 0 heterocycles. The minimum Gasteiger partial charge on any atom is -0.481 e. The highest BCUT2D eigenvalue weighted by Crippen LogP contribution is 2.49. The summed E-state index contributed by atoms with van der Waals surface area (Å²) < 4.78 is 0. The SMILES string of the molecule is CCCCCC(O)C=CC1C(O)C[C@@H]2C(=NOCCCC(=O)O)C[C@@H]12. The molecule has 6 heteroatoms. The lowest BCUT2D eigenvalue weighted by molar-refractivity contribution is -0.137. The van der Waals surface area contributed by atoms with Crippen LogP contribution in [0.4, 0.5) is 0 Å². The molecule has 2 aliphatic carbocycles. The van der Waals surface area contributed by atoms with Crippen LogP contribution >= 0.6 is 0 Å². The van der Waals surface area contributed by atoms with E-state index >= 15 is 0 Å². The second-order valence-electron chi connectivity index (χ2n) is 7.22. The summed E-state index contributed by atoms with van der Waals surface area (Å²) in [4.78, 5) is 15.6. The third-order valence-corrected chi connectivity index (χ3v) is 5.29. The number of rotatable bonds is 11. The first kappa shape index (κ1) is 19.9. The lowest BCUT2D eigenvalue weighted by atomic mass is 9.71. The molecule has 3 N–H and O–H groups in total. The van der Waals surface area contributed by atoms with Crippen molar-refractivity contribution in [2.24, 2.45) is 22.9 Å². The maximum absolute atomic E-state index is 10.4. The monoisotopic (exact) mass is 353 g/mol. The lowest BCUT2D eigenvalue weighted by Crippen LogP contribution is -2.36. The van der Waals surface area contributed by atoms with Crippen LogP contribution in [0.15, 0.2) is 17.3 Å². The second kappa shape index (κ2) is 9.92. The molecule has 0 spiro atoms. The van der Waals surface area contributed by atoms with Crippen molar-refractivity contribution < 1.29 is 25.0 Å². The molecule has 25 heavy (non-hydrogen) atoms. The number of fused-ring (bicyclic) bond motifs is 1. The Balaban J connectivity index is 1.74. The predicted molar refractivity (Wildman–Crippen MR) is 95.3 cm³/mol. The highest BCUT2D eigenvalue weighted by molar-refractivity contribution is 5.93. The molecule has 0 aromatic heterocycles. The van der Waals surface area contributed by atoms with E-state index in [9.17, 15) is 15.0 Å². The van der Waals surface area contributed by atoms with Gasteiger partial charge in [-0.3, -0.25) is 4.79 Å². The lowest BCUT2D eigenvalue weighted by Gasteiger charge is -2.34. The van der Waals surface area contributed by atoms with E-state index < -0.39 is 18.2 Å². The molecule has 2 rings (SSSR count). The summed E-state index contributed by atoms with van der Waals surface area (Å²) >= 11 is 0. The molecule has 0 bridgehead atoms. The molecule has 3 unspecified atom stereocenters. The average Bonchev–Trinajstić information content (AvgIpc) is 2.80. The Morgan fingerprint density at radius 3 is 2.92 bits per heavy atom. The fourth-order valence-corrected chi connectivity index (χ4v) is 3.79. The van der Waals surface area contributed by atoms with Gasteiger partial charge in [0.1, 0.15) is 6.61 Å². The van der Waals surface area contributed by atoms with Gasteiger partial charge in [0, 0.05) is 18.3 Å². The molecule has 5 atom stereocenters. The van der Waals surface area contributed by atoms with Crippen molar-refractivity contribution in [1.29, 1.82) is 0 Å². The third kappa shape index (κ3) is 5.82. The number of oxime groups is 1. The number of nitrogens with zero attached hydrogens (tertiary/aromatic N) is 1. The van der Waals surface area contributed by atoms with Crippen LogP contribution in [0.1, 0.15) is 58.3 Å².